The van der Waals surface area contributed by atoms with E-state index in [1.54, 1.807) is 0 Å². The number of primary amides is 1. The number of likely N-dealkylation sites (tertiary alicyclic amines) is 1. The van der Waals surface area contributed by atoms with Crippen LogP contribution in [0.25, 0.3) is 0 Å². The van der Waals surface area contributed by atoms with Crippen molar-refractivity contribution in [3.63, 3.8) is 0 Å². The number of rotatable bonds is 1. The number of amides is 4. The summed E-state index contributed by atoms with van der Waals surface area (Å²) < 4.78 is 0.597. The second-order valence-corrected chi connectivity index (χ2v) is 8.38. The van der Waals surface area contributed by atoms with Crippen LogP contribution < -0.4 is 5.73 Å². The Morgan fingerprint density at radius 1 is 1.21 bits per heavy atom. The molecular formula is C15H11N3O3S3. The first kappa shape index (κ1) is 15.6. The predicted molar refractivity (Wildman–Crippen MR) is 92.4 cm³/mol. The van der Waals surface area contributed by atoms with Gasteiger partial charge in [0.1, 0.15) is 5.25 Å². The maximum atomic E-state index is 12.8. The number of hydrogen-bond donors (Lipinski definition) is 2. The zero-order valence-corrected chi connectivity index (χ0v) is 14.5. The van der Waals surface area contributed by atoms with E-state index in [9.17, 15) is 14.4 Å². The number of H-pyrrole nitrogens is 1. The lowest BCUT2D eigenvalue weighted by Crippen LogP contribution is -2.41. The van der Waals surface area contributed by atoms with Gasteiger partial charge in [-0.05, 0) is 17.8 Å². The molecule has 0 aliphatic carbocycles. The summed E-state index contributed by atoms with van der Waals surface area (Å²) >= 11 is 7.88. The van der Waals surface area contributed by atoms with Crippen molar-refractivity contribution in [3.8, 4) is 0 Å². The Morgan fingerprint density at radius 2 is 1.92 bits per heavy atom. The Balaban J connectivity index is 1.91. The largest absolute Gasteiger partial charge is 0.351 e. The number of carbonyl (C=O) groups excluding carboxylic acids is 3. The second-order valence-electron chi connectivity index (χ2n) is 5.51. The maximum Gasteiger partial charge on any atom is 0.328 e. The van der Waals surface area contributed by atoms with E-state index in [-0.39, 0.29) is 5.92 Å². The molecule has 4 rings (SSSR count). The topological polar surface area (TPSA) is 96.3 Å². The zero-order chi connectivity index (χ0) is 17.0. The van der Waals surface area contributed by atoms with Crippen LogP contribution in [0, 0.1) is 9.87 Å². The molecule has 3 atom stereocenters. The number of aromatic amines is 1. The third kappa shape index (κ3) is 2.15. The highest BCUT2D eigenvalue weighted by Gasteiger charge is 2.57. The number of urea groups is 1. The fourth-order valence-electron chi connectivity index (χ4n) is 3.25. The molecule has 1 saturated heterocycles. The first-order valence-electron chi connectivity index (χ1n) is 7.11. The quantitative estimate of drug-likeness (QED) is 0.588. The molecule has 0 spiro atoms. The number of benzene rings is 1. The molecule has 2 aliphatic heterocycles. The summed E-state index contributed by atoms with van der Waals surface area (Å²) in [5.74, 6) is -2.08. The lowest BCUT2D eigenvalue weighted by Gasteiger charge is -2.29. The highest BCUT2D eigenvalue weighted by Crippen LogP contribution is 2.53. The Morgan fingerprint density at radius 3 is 2.58 bits per heavy atom. The van der Waals surface area contributed by atoms with Gasteiger partial charge in [0.25, 0.3) is 5.91 Å². The van der Waals surface area contributed by atoms with Crippen LogP contribution in [0.15, 0.2) is 35.4 Å². The number of aromatic nitrogens is 1. The van der Waals surface area contributed by atoms with E-state index in [4.69, 9.17) is 18.0 Å². The van der Waals surface area contributed by atoms with Crippen molar-refractivity contribution in [2.75, 3.05) is 0 Å². The molecule has 1 fully saturated rings. The minimum atomic E-state index is -1.02. The smallest absolute Gasteiger partial charge is 0.328 e. The Hall–Kier alpha value is -1.97. The number of nitrogens with two attached hydrogens (primary N) is 1. The van der Waals surface area contributed by atoms with E-state index in [0.29, 0.717) is 8.85 Å². The van der Waals surface area contributed by atoms with Crippen molar-refractivity contribution < 1.29 is 14.4 Å². The molecule has 1 aromatic heterocycles. The molecule has 1 aromatic carbocycles. The van der Waals surface area contributed by atoms with E-state index < -0.39 is 29.0 Å². The average molecular weight is 377 g/mol. The lowest BCUT2D eigenvalue weighted by atomic mass is 9.83. The molecule has 0 radical (unpaired) electrons. The summed E-state index contributed by atoms with van der Waals surface area (Å²) in [4.78, 5) is 41.4. The van der Waals surface area contributed by atoms with Crippen molar-refractivity contribution in [2.24, 2.45) is 11.7 Å². The van der Waals surface area contributed by atoms with E-state index in [2.05, 4.69) is 4.98 Å². The van der Waals surface area contributed by atoms with Crippen molar-refractivity contribution >= 4 is 53.2 Å². The third-order valence-corrected chi connectivity index (χ3v) is 6.96. The molecule has 9 heteroatoms. The van der Waals surface area contributed by atoms with Gasteiger partial charge in [-0.25, -0.2) is 4.79 Å². The predicted octanol–water partition coefficient (Wildman–Crippen LogP) is 2.48. The summed E-state index contributed by atoms with van der Waals surface area (Å²) in [5, 5.41) is 0.107. The summed E-state index contributed by atoms with van der Waals surface area (Å²) in [6.07, 6.45) is 0. The second kappa shape index (κ2) is 5.54. The van der Waals surface area contributed by atoms with Crippen LogP contribution in [0.5, 0.6) is 0 Å². The van der Waals surface area contributed by atoms with Gasteiger partial charge in [-0.2, -0.15) is 4.90 Å². The summed E-state index contributed by atoms with van der Waals surface area (Å²) in [7, 11) is 0. The SMILES string of the molecule is NC(=O)N1C(=O)C2Sc3[nH]c(=S)sc3C(c3ccccc3)C2C1=O. The Bertz CT molecular complexity index is 921. The van der Waals surface area contributed by atoms with Gasteiger partial charge in [0, 0.05) is 10.8 Å². The van der Waals surface area contributed by atoms with Gasteiger partial charge in [0.05, 0.1) is 10.9 Å². The molecule has 3 unspecified atom stereocenters. The number of imide groups is 3. The van der Waals surface area contributed by atoms with Gasteiger partial charge < -0.3 is 10.7 Å². The summed E-state index contributed by atoms with van der Waals surface area (Å²) in [6.45, 7) is 0. The third-order valence-electron chi connectivity index (χ3n) is 4.20. The first-order chi connectivity index (χ1) is 11.5. The van der Waals surface area contributed by atoms with Crippen molar-refractivity contribution in [1.29, 1.82) is 0 Å². The molecule has 3 heterocycles. The standard InChI is InChI=1S/C15H11N3O3S3/c16-14(21)18-12(19)8-7(6-4-2-1-3-5-6)9-11(17-15(22)24-9)23-10(8)13(18)20/h1-5,7-8,10H,(H2,16,21)(H,17,22). The van der Waals surface area contributed by atoms with E-state index >= 15 is 0 Å². The molecule has 24 heavy (non-hydrogen) atoms. The van der Waals surface area contributed by atoms with Gasteiger partial charge in [-0.15, -0.1) is 11.3 Å². The maximum absolute atomic E-state index is 12.8. The average Bonchev–Trinajstić information content (AvgIpc) is 3.03. The highest BCUT2D eigenvalue weighted by atomic mass is 32.2. The fourth-order valence-corrected chi connectivity index (χ4v) is 6.21. The molecule has 122 valence electrons. The van der Waals surface area contributed by atoms with Gasteiger partial charge in [-0.3, -0.25) is 9.59 Å². The minimum Gasteiger partial charge on any atom is -0.351 e. The first-order valence-corrected chi connectivity index (χ1v) is 9.21. The number of carbonyl (C=O) groups is 3. The normalized spacial score (nSPS) is 25.5. The van der Waals surface area contributed by atoms with Gasteiger partial charge >= 0.3 is 6.03 Å². The van der Waals surface area contributed by atoms with Crippen LogP contribution >= 0.6 is 35.3 Å². The number of fused-ring (bicyclic) bond motifs is 2. The van der Waals surface area contributed by atoms with E-state index in [0.717, 1.165) is 15.5 Å². The Kier molecular flexibility index (Phi) is 3.59. The van der Waals surface area contributed by atoms with E-state index in [1.165, 1.54) is 23.1 Å². The lowest BCUT2D eigenvalue weighted by molar-refractivity contribution is -0.135. The minimum absolute atomic E-state index is 0.328. The number of thioether (sulfide) groups is 1. The molecule has 4 amide bonds. The van der Waals surface area contributed by atoms with Crippen LogP contribution in [0.4, 0.5) is 4.79 Å². The van der Waals surface area contributed by atoms with Gasteiger partial charge in [0.15, 0.2) is 3.95 Å². The number of thiazole rings is 1. The molecule has 2 aliphatic rings. The number of nitrogens with one attached hydrogen (secondary N) is 1. The van der Waals surface area contributed by atoms with Crippen molar-refractivity contribution in [3.05, 3.63) is 44.7 Å². The van der Waals surface area contributed by atoms with Crippen molar-refractivity contribution in [2.45, 2.75) is 16.2 Å². The number of nitrogens with zero attached hydrogens (tertiary/aromatic N) is 1. The fraction of sp³-hybridized carbons (Fsp3) is 0.200. The molecule has 2 aromatic rings. The molecule has 0 bridgehead atoms. The van der Waals surface area contributed by atoms with E-state index in [1.807, 2.05) is 30.3 Å². The molecule has 0 saturated carbocycles. The van der Waals surface area contributed by atoms with Crippen molar-refractivity contribution in [1.82, 2.24) is 9.88 Å². The zero-order valence-electron chi connectivity index (χ0n) is 12.1. The Labute approximate surface area is 150 Å². The summed E-state index contributed by atoms with van der Waals surface area (Å²) in [5.41, 5.74) is 6.14. The molecule has 3 N–H and O–H groups in total. The number of hydrogen-bond acceptors (Lipinski definition) is 6. The highest BCUT2D eigenvalue weighted by molar-refractivity contribution is 8.00. The monoisotopic (exact) mass is 377 g/mol. The van der Waals surface area contributed by atoms with Crippen LogP contribution in [0.3, 0.4) is 0 Å². The van der Waals surface area contributed by atoms with Crippen LogP contribution in [-0.4, -0.2) is 33.0 Å². The summed E-state index contributed by atoms with van der Waals surface area (Å²) in [6, 6.07) is 8.44. The molecular weight excluding hydrogens is 366 g/mol. The van der Waals surface area contributed by atoms with Crippen LogP contribution in [-0.2, 0) is 9.59 Å². The van der Waals surface area contributed by atoms with Crippen LogP contribution in [0.2, 0.25) is 0 Å². The van der Waals surface area contributed by atoms with Crippen LogP contribution in [0.1, 0.15) is 16.4 Å². The van der Waals surface area contributed by atoms with Gasteiger partial charge in [0.2, 0.25) is 5.91 Å². The van der Waals surface area contributed by atoms with Gasteiger partial charge in [-0.1, -0.05) is 42.1 Å². The molecule has 6 nitrogen and oxygen atoms in total.